The van der Waals surface area contributed by atoms with Crippen LogP contribution in [0.3, 0.4) is 0 Å². The van der Waals surface area contributed by atoms with E-state index in [2.05, 4.69) is 57.3 Å². The molecule has 1 saturated heterocycles. The van der Waals surface area contributed by atoms with Crippen LogP contribution in [0.4, 0.5) is 0 Å². The van der Waals surface area contributed by atoms with Gasteiger partial charge in [-0.15, -0.1) is 5.10 Å². The van der Waals surface area contributed by atoms with Gasteiger partial charge in [0.25, 0.3) is 0 Å². The van der Waals surface area contributed by atoms with E-state index >= 15 is 0 Å². The van der Waals surface area contributed by atoms with Gasteiger partial charge in [-0.1, -0.05) is 35.5 Å². The number of pyridine rings is 1. The van der Waals surface area contributed by atoms with Crippen LogP contribution < -0.4 is 4.74 Å². The third kappa shape index (κ3) is 4.37. The predicted molar refractivity (Wildman–Crippen MR) is 152 cm³/mol. The fourth-order valence-corrected chi connectivity index (χ4v) is 6.18. The second-order valence-electron chi connectivity index (χ2n) is 11.0. The van der Waals surface area contributed by atoms with Crippen molar-refractivity contribution in [1.29, 1.82) is 0 Å². The highest BCUT2D eigenvalue weighted by atomic mass is 16.5. The fraction of sp³-hybridized carbons (Fsp3) is 0.387. The molecule has 0 spiro atoms. The minimum atomic E-state index is -1.09. The summed E-state index contributed by atoms with van der Waals surface area (Å²) < 4.78 is 15.8. The van der Waals surface area contributed by atoms with Gasteiger partial charge in [-0.05, 0) is 63.3 Å². The lowest BCUT2D eigenvalue weighted by atomic mass is 9.86. The van der Waals surface area contributed by atoms with Gasteiger partial charge in [-0.2, -0.15) is 0 Å². The minimum absolute atomic E-state index is 0.0564. The SMILES string of the molecule is COc1cc2c3ncc(-c4c(C)nnn4C)cc3n(C(c3ccccc3)C3CCOCC3)c2cc1C(C)(C)O. The Kier molecular flexibility index (Phi) is 6.40. The number of aromatic nitrogens is 5. The van der Waals surface area contributed by atoms with E-state index in [4.69, 9.17) is 14.5 Å². The van der Waals surface area contributed by atoms with Gasteiger partial charge in [0.1, 0.15) is 5.75 Å². The predicted octanol–water partition coefficient (Wildman–Crippen LogP) is 5.55. The first-order valence-electron chi connectivity index (χ1n) is 13.5. The molecule has 1 aliphatic rings. The molecule has 0 saturated carbocycles. The highest BCUT2D eigenvalue weighted by Crippen LogP contribution is 2.44. The minimum Gasteiger partial charge on any atom is -0.496 e. The van der Waals surface area contributed by atoms with Gasteiger partial charge in [0.2, 0.25) is 0 Å². The molecule has 8 nitrogen and oxygen atoms in total. The highest BCUT2D eigenvalue weighted by molar-refractivity contribution is 6.07. The maximum atomic E-state index is 11.1. The average molecular weight is 526 g/mol. The maximum absolute atomic E-state index is 11.1. The van der Waals surface area contributed by atoms with E-state index < -0.39 is 5.60 Å². The van der Waals surface area contributed by atoms with Crippen molar-refractivity contribution in [2.24, 2.45) is 13.0 Å². The topological polar surface area (TPSA) is 87.2 Å². The van der Waals surface area contributed by atoms with E-state index in [0.29, 0.717) is 11.7 Å². The summed E-state index contributed by atoms with van der Waals surface area (Å²) in [6, 6.07) is 17.1. The van der Waals surface area contributed by atoms with Gasteiger partial charge >= 0.3 is 0 Å². The molecule has 0 amide bonds. The Labute approximate surface area is 228 Å². The zero-order valence-corrected chi connectivity index (χ0v) is 23.2. The molecule has 5 aromatic rings. The maximum Gasteiger partial charge on any atom is 0.125 e. The van der Waals surface area contributed by atoms with Crippen molar-refractivity contribution in [3.05, 3.63) is 71.5 Å². The Hall–Kier alpha value is -3.75. The Morgan fingerprint density at radius 2 is 1.82 bits per heavy atom. The van der Waals surface area contributed by atoms with E-state index in [9.17, 15) is 5.11 Å². The molecular formula is C31H35N5O3. The molecule has 1 aliphatic heterocycles. The normalized spacial score (nSPS) is 15.7. The molecule has 1 fully saturated rings. The van der Waals surface area contributed by atoms with E-state index in [1.807, 2.05) is 26.2 Å². The smallest absolute Gasteiger partial charge is 0.125 e. The van der Waals surface area contributed by atoms with Crippen molar-refractivity contribution in [1.82, 2.24) is 24.5 Å². The molecule has 0 bridgehead atoms. The van der Waals surface area contributed by atoms with E-state index in [1.54, 1.807) is 25.6 Å². The first-order valence-corrected chi connectivity index (χ1v) is 13.5. The molecule has 0 radical (unpaired) electrons. The molecule has 0 aliphatic carbocycles. The summed E-state index contributed by atoms with van der Waals surface area (Å²) in [5.41, 5.74) is 6.61. The number of aryl methyl sites for hydroxylation is 2. The Bertz CT molecular complexity index is 1620. The molecular weight excluding hydrogens is 490 g/mol. The summed E-state index contributed by atoms with van der Waals surface area (Å²) in [7, 11) is 3.55. The van der Waals surface area contributed by atoms with E-state index in [0.717, 1.165) is 70.5 Å². The third-order valence-electron chi connectivity index (χ3n) is 8.02. The van der Waals surface area contributed by atoms with Crippen LogP contribution >= 0.6 is 0 Å². The lowest BCUT2D eigenvalue weighted by Crippen LogP contribution is -2.27. The van der Waals surface area contributed by atoms with Crippen molar-refractivity contribution < 1.29 is 14.6 Å². The molecule has 6 rings (SSSR count). The van der Waals surface area contributed by atoms with Crippen LogP contribution in [0.2, 0.25) is 0 Å². The Morgan fingerprint density at radius 3 is 2.46 bits per heavy atom. The van der Waals surface area contributed by atoms with Gasteiger partial charge in [0, 0.05) is 43.0 Å². The second-order valence-corrected chi connectivity index (χ2v) is 11.0. The van der Waals surface area contributed by atoms with Crippen LogP contribution in [0.5, 0.6) is 5.75 Å². The number of ether oxygens (including phenoxy) is 2. The number of methoxy groups -OCH3 is 1. The number of aliphatic hydroxyl groups is 1. The Balaban J connectivity index is 1.72. The van der Waals surface area contributed by atoms with Crippen molar-refractivity contribution >= 4 is 21.9 Å². The van der Waals surface area contributed by atoms with Crippen LogP contribution in [0.15, 0.2) is 54.7 Å². The first-order chi connectivity index (χ1) is 18.8. The molecule has 1 atom stereocenters. The quantitative estimate of drug-likeness (QED) is 0.313. The van der Waals surface area contributed by atoms with Gasteiger partial charge in [-0.3, -0.25) is 4.98 Å². The third-order valence-corrected chi connectivity index (χ3v) is 8.02. The number of hydrogen-bond acceptors (Lipinski definition) is 6. The Morgan fingerprint density at radius 1 is 1.08 bits per heavy atom. The van der Waals surface area contributed by atoms with Crippen molar-refractivity contribution in [2.45, 2.75) is 45.3 Å². The lowest BCUT2D eigenvalue weighted by Gasteiger charge is -2.33. The number of fused-ring (bicyclic) bond motifs is 3. The van der Waals surface area contributed by atoms with Crippen LogP contribution in [0.25, 0.3) is 33.2 Å². The molecule has 8 heteroatoms. The molecule has 1 N–H and O–H groups in total. The summed E-state index contributed by atoms with van der Waals surface area (Å²) in [5, 5.41) is 20.6. The summed E-state index contributed by atoms with van der Waals surface area (Å²) in [6.07, 6.45) is 3.83. The molecule has 39 heavy (non-hydrogen) atoms. The summed E-state index contributed by atoms with van der Waals surface area (Å²) >= 11 is 0. The van der Waals surface area contributed by atoms with Gasteiger partial charge in [0.05, 0.1) is 46.7 Å². The summed E-state index contributed by atoms with van der Waals surface area (Å²) in [6.45, 7) is 7.06. The van der Waals surface area contributed by atoms with Gasteiger partial charge in [0.15, 0.2) is 0 Å². The molecule has 202 valence electrons. The van der Waals surface area contributed by atoms with E-state index in [-0.39, 0.29) is 6.04 Å². The first kappa shape index (κ1) is 25.5. The number of hydrogen-bond donors (Lipinski definition) is 1. The lowest BCUT2D eigenvalue weighted by molar-refractivity contribution is 0.0552. The number of nitrogens with zero attached hydrogens (tertiary/aromatic N) is 5. The second kappa shape index (κ2) is 9.77. The van der Waals surface area contributed by atoms with Crippen molar-refractivity contribution in [3.8, 4) is 17.0 Å². The highest BCUT2D eigenvalue weighted by Gasteiger charge is 2.32. The monoisotopic (exact) mass is 525 g/mol. The van der Waals surface area contributed by atoms with Crippen LogP contribution in [-0.4, -0.2) is 50.0 Å². The average Bonchev–Trinajstić information content (AvgIpc) is 3.44. The standard InChI is InChI=1S/C31H35N5O3/c1-19-29(35(4)34-33-19)22-15-26-28(32-18-22)23-16-27(38-5)24(31(2,3)37)17-25(23)36(26)30(20-9-7-6-8-10-20)21-11-13-39-14-12-21/h6-10,15-18,21,30,37H,11-14H2,1-5H3. The number of rotatable bonds is 6. The van der Waals surface area contributed by atoms with Crippen LogP contribution in [0.1, 0.15) is 49.6 Å². The largest absolute Gasteiger partial charge is 0.496 e. The molecule has 2 aromatic carbocycles. The zero-order valence-electron chi connectivity index (χ0n) is 23.2. The molecule has 1 unspecified atom stereocenters. The summed E-state index contributed by atoms with van der Waals surface area (Å²) in [4.78, 5) is 5.02. The zero-order chi connectivity index (χ0) is 27.3. The van der Waals surface area contributed by atoms with Crippen molar-refractivity contribution in [3.63, 3.8) is 0 Å². The molecule has 4 heterocycles. The van der Waals surface area contributed by atoms with Crippen LogP contribution in [-0.2, 0) is 17.4 Å². The van der Waals surface area contributed by atoms with Gasteiger partial charge in [-0.25, -0.2) is 4.68 Å². The molecule has 3 aromatic heterocycles. The number of benzene rings is 2. The van der Waals surface area contributed by atoms with Gasteiger partial charge < -0.3 is 19.1 Å². The fourth-order valence-electron chi connectivity index (χ4n) is 6.18. The van der Waals surface area contributed by atoms with Crippen LogP contribution in [0, 0.1) is 12.8 Å². The summed E-state index contributed by atoms with van der Waals surface area (Å²) in [5.74, 6) is 1.02. The van der Waals surface area contributed by atoms with Crippen molar-refractivity contribution in [2.75, 3.05) is 20.3 Å². The van der Waals surface area contributed by atoms with E-state index in [1.165, 1.54) is 5.56 Å².